The second-order valence-electron chi connectivity index (χ2n) is 6.19. The first-order valence-electron chi connectivity index (χ1n) is 9.25. The van der Waals surface area contributed by atoms with E-state index in [1.165, 1.54) is 0 Å². The molecule has 1 aromatic heterocycles. The van der Waals surface area contributed by atoms with Crippen LogP contribution in [-0.2, 0) is 22.0 Å². The van der Waals surface area contributed by atoms with E-state index in [2.05, 4.69) is 20.6 Å². The van der Waals surface area contributed by atoms with Crippen molar-refractivity contribution in [1.29, 1.82) is 0 Å². The van der Waals surface area contributed by atoms with Crippen LogP contribution in [0.3, 0.4) is 0 Å². The van der Waals surface area contributed by atoms with Gasteiger partial charge in [-0.1, -0.05) is 36.4 Å². The Labute approximate surface area is 185 Å². The molecular formula is C20H29IN4O2S. The smallest absolute Gasteiger partial charge is 0.191 e. The third kappa shape index (κ3) is 10.0. The predicted molar refractivity (Wildman–Crippen MR) is 126 cm³/mol. The number of nitrogens with one attached hydrogen (secondary N) is 2. The van der Waals surface area contributed by atoms with Gasteiger partial charge in [-0.15, -0.1) is 24.0 Å². The van der Waals surface area contributed by atoms with E-state index in [1.807, 2.05) is 55.5 Å². The number of benzene rings is 1. The first-order valence-corrected chi connectivity index (χ1v) is 11.1. The monoisotopic (exact) mass is 516 g/mol. The van der Waals surface area contributed by atoms with Gasteiger partial charge in [-0.2, -0.15) is 0 Å². The maximum absolute atomic E-state index is 12.2. The van der Waals surface area contributed by atoms with Gasteiger partial charge >= 0.3 is 0 Å². The van der Waals surface area contributed by atoms with Gasteiger partial charge in [0.25, 0.3) is 0 Å². The van der Waals surface area contributed by atoms with Crippen molar-refractivity contribution in [3.8, 4) is 0 Å². The Morgan fingerprint density at radius 1 is 1.07 bits per heavy atom. The highest BCUT2D eigenvalue weighted by atomic mass is 127. The van der Waals surface area contributed by atoms with E-state index in [4.69, 9.17) is 0 Å². The van der Waals surface area contributed by atoms with Crippen LogP contribution in [0.5, 0.6) is 0 Å². The molecule has 2 aromatic rings. The largest absolute Gasteiger partial charge is 0.357 e. The fourth-order valence-corrected chi connectivity index (χ4v) is 3.99. The van der Waals surface area contributed by atoms with Crippen molar-refractivity contribution in [3.05, 3.63) is 66.0 Å². The molecule has 0 aliphatic rings. The van der Waals surface area contributed by atoms with E-state index in [9.17, 15) is 8.42 Å². The lowest BCUT2D eigenvalue weighted by molar-refractivity contribution is 0.592. The van der Waals surface area contributed by atoms with Crippen molar-refractivity contribution in [2.24, 2.45) is 4.99 Å². The molecule has 1 heterocycles. The second kappa shape index (κ2) is 13.5. The number of hydrogen-bond donors (Lipinski definition) is 2. The summed E-state index contributed by atoms with van der Waals surface area (Å²) in [5, 5.41) is 6.43. The Kier molecular flexibility index (Phi) is 11.7. The van der Waals surface area contributed by atoms with Gasteiger partial charge in [0.05, 0.1) is 11.5 Å². The molecule has 0 bridgehead atoms. The van der Waals surface area contributed by atoms with Gasteiger partial charge in [-0.3, -0.25) is 9.98 Å². The predicted octanol–water partition coefficient (Wildman–Crippen LogP) is 2.80. The summed E-state index contributed by atoms with van der Waals surface area (Å²) in [6.07, 6.45) is 3.09. The zero-order valence-electron chi connectivity index (χ0n) is 16.2. The zero-order valence-corrected chi connectivity index (χ0v) is 19.3. The van der Waals surface area contributed by atoms with Crippen molar-refractivity contribution in [1.82, 2.24) is 15.6 Å². The average Bonchev–Trinajstić information content (AvgIpc) is 2.66. The SMILES string of the molecule is CCNC(=NCCCS(=O)(=O)Cc1ccccc1)NCCc1ccccn1.I. The molecule has 6 nitrogen and oxygen atoms in total. The normalized spacial score (nSPS) is 11.5. The summed E-state index contributed by atoms with van der Waals surface area (Å²) >= 11 is 0. The van der Waals surface area contributed by atoms with Crippen LogP contribution in [0.15, 0.2) is 59.7 Å². The van der Waals surface area contributed by atoms with Gasteiger partial charge in [0, 0.05) is 37.9 Å². The Morgan fingerprint density at radius 2 is 1.82 bits per heavy atom. The quantitative estimate of drug-likeness (QED) is 0.220. The summed E-state index contributed by atoms with van der Waals surface area (Å²) in [5.41, 5.74) is 1.85. The second-order valence-corrected chi connectivity index (χ2v) is 8.37. The molecule has 0 radical (unpaired) electrons. The summed E-state index contributed by atoms with van der Waals surface area (Å²) in [4.78, 5) is 8.76. The summed E-state index contributed by atoms with van der Waals surface area (Å²) in [6.45, 7) is 3.93. The highest BCUT2D eigenvalue weighted by Gasteiger charge is 2.11. The number of halogens is 1. The zero-order chi connectivity index (χ0) is 19.4. The molecule has 154 valence electrons. The number of sulfone groups is 1. The number of nitrogens with zero attached hydrogens (tertiary/aromatic N) is 2. The summed E-state index contributed by atoms with van der Waals surface area (Å²) in [7, 11) is -3.12. The van der Waals surface area contributed by atoms with Crippen LogP contribution in [0.1, 0.15) is 24.6 Å². The first-order chi connectivity index (χ1) is 13.1. The average molecular weight is 516 g/mol. The molecule has 8 heteroatoms. The topological polar surface area (TPSA) is 83.5 Å². The summed E-state index contributed by atoms with van der Waals surface area (Å²) < 4.78 is 24.4. The van der Waals surface area contributed by atoms with E-state index in [-0.39, 0.29) is 35.5 Å². The number of aromatic nitrogens is 1. The minimum atomic E-state index is -3.12. The highest BCUT2D eigenvalue weighted by molar-refractivity contribution is 14.0. The number of hydrogen-bond acceptors (Lipinski definition) is 4. The third-order valence-corrected chi connectivity index (χ3v) is 5.54. The molecule has 0 aliphatic heterocycles. The molecule has 28 heavy (non-hydrogen) atoms. The first kappa shape index (κ1) is 24.4. The van der Waals surface area contributed by atoms with Crippen LogP contribution in [-0.4, -0.2) is 44.7 Å². The van der Waals surface area contributed by atoms with Crippen molar-refractivity contribution < 1.29 is 8.42 Å². The van der Waals surface area contributed by atoms with E-state index < -0.39 is 9.84 Å². The standard InChI is InChI=1S/C20H28N4O2S.HI/c1-2-21-20(24-15-12-19-11-6-7-13-22-19)23-14-8-16-27(25,26)17-18-9-4-3-5-10-18;/h3-7,9-11,13H,2,8,12,14-17H2,1H3,(H2,21,23,24);1H. The summed E-state index contributed by atoms with van der Waals surface area (Å²) in [5.74, 6) is 0.924. The molecule has 0 spiro atoms. The maximum atomic E-state index is 12.2. The van der Waals surface area contributed by atoms with Gasteiger partial charge in [0.1, 0.15) is 0 Å². The number of rotatable bonds is 10. The Hall–Kier alpha value is -1.68. The lowest BCUT2D eigenvalue weighted by atomic mass is 10.2. The molecule has 0 amide bonds. The van der Waals surface area contributed by atoms with Gasteiger partial charge in [0.2, 0.25) is 0 Å². The molecule has 0 saturated heterocycles. The minimum absolute atomic E-state index is 0. The van der Waals surface area contributed by atoms with E-state index >= 15 is 0 Å². The van der Waals surface area contributed by atoms with Crippen LogP contribution < -0.4 is 10.6 Å². The molecule has 2 N–H and O–H groups in total. The van der Waals surface area contributed by atoms with E-state index in [0.717, 1.165) is 30.8 Å². The van der Waals surface area contributed by atoms with E-state index in [0.29, 0.717) is 18.9 Å². The third-order valence-electron chi connectivity index (χ3n) is 3.86. The highest BCUT2D eigenvalue weighted by Crippen LogP contribution is 2.07. The molecule has 0 saturated carbocycles. The van der Waals surface area contributed by atoms with Crippen molar-refractivity contribution in [3.63, 3.8) is 0 Å². The minimum Gasteiger partial charge on any atom is -0.357 e. The van der Waals surface area contributed by atoms with Crippen LogP contribution in [0, 0.1) is 0 Å². The number of aliphatic imine (C=N–C) groups is 1. The molecule has 0 atom stereocenters. The molecule has 0 unspecified atom stereocenters. The maximum Gasteiger partial charge on any atom is 0.191 e. The van der Waals surface area contributed by atoms with Crippen molar-refractivity contribution >= 4 is 39.8 Å². The lowest BCUT2D eigenvalue weighted by Gasteiger charge is -2.11. The lowest BCUT2D eigenvalue weighted by Crippen LogP contribution is -2.38. The fourth-order valence-electron chi connectivity index (χ4n) is 2.57. The number of pyridine rings is 1. The van der Waals surface area contributed by atoms with Gasteiger partial charge in [0.15, 0.2) is 15.8 Å². The van der Waals surface area contributed by atoms with Crippen LogP contribution >= 0.6 is 24.0 Å². The molecular weight excluding hydrogens is 487 g/mol. The van der Waals surface area contributed by atoms with Crippen LogP contribution in [0.2, 0.25) is 0 Å². The van der Waals surface area contributed by atoms with Crippen LogP contribution in [0.4, 0.5) is 0 Å². The molecule has 1 aromatic carbocycles. The number of guanidine groups is 1. The van der Waals surface area contributed by atoms with Crippen LogP contribution in [0.25, 0.3) is 0 Å². The molecule has 0 fully saturated rings. The molecule has 2 rings (SSSR count). The van der Waals surface area contributed by atoms with Gasteiger partial charge in [-0.25, -0.2) is 8.42 Å². The fraction of sp³-hybridized carbons (Fsp3) is 0.400. The van der Waals surface area contributed by atoms with Crippen molar-refractivity contribution in [2.75, 3.05) is 25.4 Å². The Morgan fingerprint density at radius 3 is 2.50 bits per heavy atom. The van der Waals surface area contributed by atoms with E-state index in [1.54, 1.807) is 6.20 Å². The molecule has 0 aliphatic carbocycles. The van der Waals surface area contributed by atoms with Gasteiger partial charge < -0.3 is 10.6 Å². The van der Waals surface area contributed by atoms with Crippen molar-refractivity contribution in [2.45, 2.75) is 25.5 Å². The summed E-state index contributed by atoms with van der Waals surface area (Å²) in [6, 6.07) is 15.1. The Bertz CT molecular complexity index is 799. The van der Waals surface area contributed by atoms with Gasteiger partial charge in [-0.05, 0) is 31.0 Å². The Balaban J connectivity index is 0.00000392.